The summed E-state index contributed by atoms with van der Waals surface area (Å²) in [5, 5.41) is 12.3. The molecule has 2 heterocycles. The zero-order chi connectivity index (χ0) is 22.0. The monoisotopic (exact) mass is 418 g/mol. The summed E-state index contributed by atoms with van der Waals surface area (Å²) in [5.74, 6) is -0.255. The lowest BCUT2D eigenvalue weighted by atomic mass is 9.90. The second-order valence-electron chi connectivity index (χ2n) is 8.36. The summed E-state index contributed by atoms with van der Waals surface area (Å²) in [7, 11) is 1.80. The highest BCUT2D eigenvalue weighted by Gasteiger charge is 2.36. The van der Waals surface area contributed by atoms with Crippen molar-refractivity contribution in [3.8, 4) is 17.2 Å². The molecule has 4 rings (SSSR count). The quantitative estimate of drug-likeness (QED) is 0.772. The number of nitrogens with two attached hydrogens (primary N) is 1. The van der Waals surface area contributed by atoms with Gasteiger partial charge in [-0.25, -0.2) is 0 Å². The fourth-order valence-corrected chi connectivity index (χ4v) is 4.09. The standard InChI is InChI=1S/C24H26N4O3/c1-28-15-19-7-6-18(13-21(19)22(28)29)17-4-2-16(3-5-17)12-20(14-25)27-23(30)24(26)8-10-31-11-9-24/h2-7,13,20H,8-12,15,26H2,1H3,(H,27,30)/t20-/m0/s1. The summed E-state index contributed by atoms with van der Waals surface area (Å²) >= 11 is 0. The van der Waals surface area contributed by atoms with Gasteiger partial charge in [0.1, 0.15) is 6.04 Å². The van der Waals surface area contributed by atoms with Crippen molar-refractivity contribution >= 4 is 11.8 Å². The van der Waals surface area contributed by atoms with Gasteiger partial charge in [0, 0.05) is 38.8 Å². The smallest absolute Gasteiger partial charge is 0.254 e. The highest BCUT2D eigenvalue weighted by Crippen LogP contribution is 2.28. The summed E-state index contributed by atoms with van der Waals surface area (Å²) in [6, 6.07) is 15.3. The molecule has 7 nitrogen and oxygen atoms in total. The molecule has 2 aromatic rings. The van der Waals surface area contributed by atoms with Gasteiger partial charge in [-0.3, -0.25) is 9.59 Å². The van der Waals surface area contributed by atoms with Gasteiger partial charge in [0.2, 0.25) is 5.91 Å². The van der Waals surface area contributed by atoms with E-state index in [0.29, 0.717) is 39.0 Å². The van der Waals surface area contributed by atoms with E-state index >= 15 is 0 Å². The molecule has 2 aliphatic heterocycles. The van der Waals surface area contributed by atoms with E-state index in [-0.39, 0.29) is 11.8 Å². The first-order valence-electron chi connectivity index (χ1n) is 10.4. The molecule has 160 valence electrons. The zero-order valence-electron chi connectivity index (χ0n) is 17.6. The van der Waals surface area contributed by atoms with E-state index in [1.54, 1.807) is 11.9 Å². The van der Waals surface area contributed by atoms with Gasteiger partial charge < -0.3 is 20.7 Å². The topological polar surface area (TPSA) is 108 Å². The Labute approximate surface area is 181 Å². The molecule has 2 amide bonds. The van der Waals surface area contributed by atoms with Crippen LogP contribution in [-0.4, -0.2) is 48.6 Å². The van der Waals surface area contributed by atoms with Gasteiger partial charge in [-0.15, -0.1) is 0 Å². The number of carbonyl (C=O) groups is 2. The lowest BCUT2D eigenvalue weighted by molar-refractivity contribution is -0.130. The molecule has 0 saturated carbocycles. The van der Waals surface area contributed by atoms with Crippen LogP contribution in [0.15, 0.2) is 42.5 Å². The number of nitrogens with zero attached hydrogens (tertiary/aromatic N) is 2. The number of nitriles is 1. The maximum Gasteiger partial charge on any atom is 0.254 e. The van der Waals surface area contributed by atoms with Gasteiger partial charge in [0.15, 0.2) is 0 Å². The molecule has 3 N–H and O–H groups in total. The molecule has 1 fully saturated rings. The first-order valence-corrected chi connectivity index (χ1v) is 10.4. The molecule has 2 aromatic carbocycles. The summed E-state index contributed by atoms with van der Waals surface area (Å²) in [6.45, 7) is 1.55. The molecular formula is C24H26N4O3. The van der Waals surface area contributed by atoms with E-state index in [1.165, 1.54) is 0 Å². The van der Waals surface area contributed by atoms with Crippen molar-refractivity contribution in [2.24, 2.45) is 5.73 Å². The second-order valence-corrected chi connectivity index (χ2v) is 8.36. The van der Waals surface area contributed by atoms with Crippen LogP contribution in [0, 0.1) is 11.3 Å². The highest BCUT2D eigenvalue weighted by atomic mass is 16.5. The van der Waals surface area contributed by atoms with Crippen LogP contribution in [0.1, 0.15) is 34.3 Å². The number of benzene rings is 2. The number of carbonyl (C=O) groups excluding carboxylic acids is 2. The molecule has 0 unspecified atom stereocenters. The number of nitrogens with one attached hydrogen (secondary N) is 1. The third kappa shape index (κ3) is 4.31. The fourth-order valence-electron chi connectivity index (χ4n) is 4.09. The van der Waals surface area contributed by atoms with Crippen LogP contribution in [0.3, 0.4) is 0 Å². The lowest BCUT2D eigenvalue weighted by Gasteiger charge is -2.32. The molecule has 2 aliphatic rings. The molecule has 0 bridgehead atoms. The largest absolute Gasteiger partial charge is 0.381 e. The van der Waals surface area contributed by atoms with Crippen LogP contribution >= 0.6 is 0 Å². The number of ether oxygens (including phenoxy) is 1. The Morgan fingerprint density at radius 2 is 1.90 bits per heavy atom. The van der Waals surface area contributed by atoms with Crippen molar-refractivity contribution in [2.45, 2.75) is 37.4 Å². The van der Waals surface area contributed by atoms with E-state index in [4.69, 9.17) is 10.5 Å². The Kier molecular flexibility index (Phi) is 5.77. The normalized spacial score (nSPS) is 18.2. The average Bonchev–Trinajstić information content (AvgIpc) is 3.07. The van der Waals surface area contributed by atoms with Crippen molar-refractivity contribution < 1.29 is 14.3 Å². The maximum absolute atomic E-state index is 12.6. The van der Waals surface area contributed by atoms with Crippen molar-refractivity contribution in [2.75, 3.05) is 20.3 Å². The van der Waals surface area contributed by atoms with Crippen molar-refractivity contribution in [3.05, 3.63) is 59.2 Å². The molecule has 0 aliphatic carbocycles. The van der Waals surface area contributed by atoms with Crippen molar-refractivity contribution in [1.82, 2.24) is 10.2 Å². The lowest BCUT2D eigenvalue weighted by Crippen LogP contribution is -2.58. The third-order valence-corrected chi connectivity index (χ3v) is 6.12. The van der Waals surface area contributed by atoms with Gasteiger partial charge in [-0.1, -0.05) is 36.4 Å². The zero-order valence-corrected chi connectivity index (χ0v) is 17.6. The first kappa shape index (κ1) is 21.0. The SMILES string of the molecule is CN1Cc2ccc(-c3ccc(C[C@@H](C#N)NC(=O)C4(N)CCOCC4)cc3)cc2C1=O. The number of rotatable bonds is 5. The van der Waals surface area contributed by atoms with Crippen LogP contribution in [-0.2, 0) is 22.5 Å². The van der Waals surface area contributed by atoms with Gasteiger partial charge in [-0.2, -0.15) is 5.26 Å². The first-order chi connectivity index (χ1) is 14.9. The number of fused-ring (bicyclic) bond motifs is 1. The fraction of sp³-hybridized carbons (Fsp3) is 0.375. The Balaban J connectivity index is 1.43. The van der Waals surface area contributed by atoms with Crippen LogP contribution in [0.25, 0.3) is 11.1 Å². The Hall–Kier alpha value is -3.21. The number of amides is 2. The van der Waals surface area contributed by atoms with Gasteiger partial charge in [0.05, 0.1) is 11.6 Å². The Morgan fingerprint density at radius 3 is 2.58 bits per heavy atom. The Morgan fingerprint density at radius 1 is 1.23 bits per heavy atom. The van der Waals surface area contributed by atoms with Crippen LogP contribution in [0.4, 0.5) is 0 Å². The van der Waals surface area contributed by atoms with E-state index in [0.717, 1.165) is 27.8 Å². The number of hydrogen-bond acceptors (Lipinski definition) is 5. The minimum absolute atomic E-state index is 0.0447. The van der Waals surface area contributed by atoms with E-state index < -0.39 is 11.6 Å². The average molecular weight is 418 g/mol. The van der Waals surface area contributed by atoms with Crippen molar-refractivity contribution in [3.63, 3.8) is 0 Å². The molecule has 1 saturated heterocycles. The van der Waals surface area contributed by atoms with Gasteiger partial charge in [-0.05, 0) is 41.2 Å². The molecule has 0 radical (unpaired) electrons. The molecule has 0 aromatic heterocycles. The Bertz CT molecular complexity index is 1040. The minimum atomic E-state index is -0.976. The molecule has 7 heteroatoms. The summed E-state index contributed by atoms with van der Waals surface area (Å²) in [5.41, 5.74) is 9.94. The van der Waals surface area contributed by atoms with E-state index in [9.17, 15) is 14.9 Å². The van der Waals surface area contributed by atoms with Crippen molar-refractivity contribution in [1.29, 1.82) is 5.26 Å². The van der Waals surface area contributed by atoms with E-state index in [1.807, 2.05) is 42.5 Å². The summed E-state index contributed by atoms with van der Waals surface area (Å²) < 4.78 is 5.28. The predicted octanol–water partition coefficient (Wildman–Crippen LogP) is 2.00. The minimum Gasteiger partial charge on any atom is -0.381 e. The van der Waals surface area contributed by atoms with Gasteiger partial charge >= 0.3 is 0 Å². The highest BCUT2D eigenvalue weighted by molar-refractivity contribution is 5.99. The van der Waals surface area contributed by atoms with Crippen LogP contribution < -0.4 is 11.1 Å². The predicted molar refractivity (Wildman–Crippen MR) is 116 cm³/mol. The summed E-state index contributed by atoms with van der Waals surface area (Å²) in [4.78, 5) is 26.6. The maximum atomic E-state index is 12.6. The molecular weight excluding hydrogens is 392 g/mol. The third-order valence-electron chi connectivity index (χ3n) is 6.12. The van der Waals surface area contributed by atoms with Crippen LogP contribution in [0.5, 0.6) is 0 Å². The summed E-state index contributed by atoms with van der Waals surface area (Å²) in [6.07, 6.45) is 1.29. The van der Waals surface area contributed by atoms with Gasteiger partial charge in [0.25, 0.3) is 5.91 Å². The molecule has 1 atom stereocenters. The second kappa shape index (κ2) is 8.50. The van der Waals surface area contributed by atoms with E-state index in [2.05, 4.69) is 11.4 Å². The molecule has 31 heavy (non-hydrogen) atoms. The number of hydrogen-bond donors (Lipinski definition) is 2. The molecule has 0 spiro atoms. The van der Waals surface area contributed by atoms with Crippen LogP contribution in [0.2, 0.25) is 0 Å².